The summed E-state index contributed by atoms with van der Waals surface area (Å²) in [7, 11) is 0. The molecule has 1 fully saturated rings. The summed E-state index contributed by atoms with van der Waals surface area (Å²) in [6, 6.07) is 0. The van der Waals surface area contributed by atoms with Crippen LogP contribution < -0.4 is 0 Å². The van der Waals surface area contributed by atoms with E-state index >= 15 is 0 Å². The van der Waals surface area contributed by atoms with Crippen molar-refractivity contribution < 1.29 is 9.84 Å². The zero-order valence-corrected chi connectivity index (χ0v) is 8.25. The molecule has 1 rings (SSSR count). The summed E-state index contributed by atoms with van der Waals surface area (Å²) in [6.07, 6.45) is 4.86. The summed E-state index contributed by atoms with van der Waals surface area (Å²) < 4.78 is 5.46. The van der Waals surface area contributed by atoms with E-state index < -0.39 is 0 Å². The number of hydrogen-bond acceptors (Lipinski definition) is 2. The van der Waals surface area contributed by atoms with Gasteiger partial charge in [-0.05, 0) is 32.6 Å². The van der Waals surface area contributed by atoms with E-state index in [9.17, 15) is 5.11 Å². The van der Waals surface area contributed by atoms with Crippen LogP contribution in [0, 0.1) is 11.8 Å². The van der Waals surface area contributed by atoms with Crippen LogP contribution in [-0.2, 0) is 4.74 Å². The van der Waals surface area contributed by atoms with Crippen molar-refractivity contribution >= 4 is 0 Å². The molecule has 0 amide bonds. The molecular formula is C11H18O2. The molecule has 1 aliphatic rings. The molecule has 2 atom stereocenters. The van der Waals surface area contributed by atoms with Crippen LogP contribution >= 0.6 is 0 Å². The number of aliphatic hydroxyl groups excluding tert-OH is 1. The summed E-state index contributed by atoms with van der Waals surface area (Å²) >= 11 is 0. The van der Waals surface area contributed by atoms with Gasteiger partial charge in [0.2, 0.25) is 0 Å². The van der Waals surface area contributed by atoms with Crippen LogP contribution in [0.15, 0.2) is 0 Å². The average Bonchev–Trinajstić information content (AvgIpc) is 2.64. The van der Waals surface area contributed by atoms with Crippen LogP contribution in [0.5, 0.6) is 0 Å². The summed E-state index contributed by atoms with van der Waals surface area (Å²) in [4.78, 5) is 0. The Hall–Kier alpha value is -0.520. The highest BCUT2D eigenvalue weighted by Crippen LogP contribution is 2.18. The molecule has 0 aromatic carbocycles. The van der Waals surface area contributed by atoms with Crippen molar-refractivity contribution in [3.8, 4) is 11.8 Å². The summed E-state index contributed by atoms with van der Waals surface area (Å²) in [6.45, 7) is 2.70. The van der Waals surface area contributed by atoms with Crippen molar-refractivity contribution in [2.24, 2.45) is 0 Å². The van der Waals surface area contributed by atoms with E-state index in [0.29, 0.717) is 12.5 Å². The second kappa shape index (κ2) is 6.01. The third kappa shape index (κ3) is 4.31. The maximum atomic E-state index is 9.48. The van der Waals surface area contributed by atoms with Crippen LogP contribution in [0.25, 0.3) is 0 Å². The summed E-state index contributed by atoms with van der Waals surface area (Å²) in [5, 5.41) is 9.48. The molecule has 74 valence electrons. The van der Waals surface area contributed by atoms with Gasteiger partial charge in [-0.1, -0.05) is 0 Å². The highest BCUT2D eigenvalue weighted by atomic mass is 16.5. The van der Waals surface area contributed by atoms with E-state index in [4.69, 9.17) is 4.74 Å². The largest absolute Gasteiger partial charge is 0.392 e. The molecule has 2 nitrogen and oxygen atoms in total. The lowest BCUT2D eigenvalue weighted by Gasteiger charge is -2.11. The van der Waals surface area contributed by atoms with Crippen molar-refractivity contribution in [1.29, 1.82) is 0 Å². The molecule has 1 heterocycles. The Balaban J connectivity index is 2.05. The molecule has 0 aromatic heterocycles. The first kappa shape index (κ1) is 10.6. The Morgan fingerprint density at radius 2 is 2.46 bits per heavy atom. The third-order valence-electron chi connectivity index (χ3n) is 2.36. The van der Waals surface area contributed by atoms with Crippen molar-refractivity contribution in [3.05, 3.63) is 0 Å². The van der Waals surface area contributed by atoms with E-state index in [-0.39, 0.29) is 6.10 Å². The molecule has 1 aliphatic heterocycles. The predicted molar refractivity (Wildman–Crippen MR) is 52.3 cm³/mol. The highest BCUT2D eigenvalue weighted by molar-refractivity contribution is 4.96. The van der Waals surface area contributed by atoms with E-state index in [0.717, 1.165) is 25.9 Å². The highest BCUT2D eigenvalue weighted by Gasteiger charge is 2.16. The molecule has 0 bridgehead atoms. The number of ether oxygens (including phenoxy) is 1. The van der Waals surface area contributed by atoms with Gasteiger partial charge in [0.25, 0.3) is 0 Å². The lowest BCUT2D eigenvalue weighted by atomic mass is 10.1. The van der Waals surface area contributed by atoms with E-state index in [2.05, 4.69) is 11.8 Å². The topological polar surface area (TPSA) is 29.5 Å². The standard InChI is InChI=1S/C11H18O2/c1-2-3-5-10(12)7-8-11-6-4-9-13-11/h10-12H,4-9H2,1H3. The first-order chi connectivity index (χ1) is 6.33. The summed E-state index contributed by atoms with van der Waals surface area (Å²) in [5.41, 5.74) is 0. The fourth-order valence-corrected chi connectivity index (χ4v) is 1.57. The van der Waals surface area contributed by atoms with Gasteiger partial charge in [-0.25, -0.2) is 0 Å². The van der Waals surface area contributed by atoms with Crippen LogP contribution in [0.1, 0.15) is 39.0 Å². The predicted octanol–water partition coefficient (Wildman–Crippen LogP) is 1.72. The van der Waals surface area contributed by atoms with Gasteiger partial charge >= 0.3 is 0 Å². The van der Waals surface area contributed by atoms with Crippen molar-refractivity contribution in [2.75, 3.05) is 6.61 Å². The molecule has 2 heteroatoms. The molecule has 0 spiro atoms. The molecular weight excluding hydrogens is 164 g/mol. The van der Waals surface area contributed by atoms with E-state index in [1.807, 2.05) is 0 Å². The van der Waals surface area contributed by atoms with Crippen molar-refractivity contribution in [1.82, 2.24) is 0 Å². The van der Waals surface area contributed by atoms with Gasteiger partial charge < -0.3 is 9.84 Å². The molecule has 0 aromatic rings. The summed E-state index contributed by atoms with van der Waals surface area (Å²) in [5.74, 6) is 5.67. The maximum Gasteiger partial charge on any atom is 0.0650 e. The van der Waals surface area contributed by atoms with Crippen LogP contribution in [0.4, 0.5) is 0 Å². The molecule has 2 unspecified atom stereocenters. The number of rotatable bonds is 4. The van der Waals surface area contributed by atoms with E-state index in [1.165, 1.54) is 6.42 Å². The molecule has 0 radical (unpaired) electrons. The van der Waals surface area contributed by atoms with Crippen LogP contribution in [0.3, 0.4) is 0 Å². The SMILES string of the molecule is CC#CCC(O)CCC1CCCO1. The molecule has 1 saturated heterocycles. The number of hydrogen-bond donors (Lipinski definition) is 1. The zero-order chi connectivity index (χ0) is 9.52. The monoisotopic (exact) mass is 182 g/mol. The normalized spacial score (nSPS) is 23.7. The minimum Gasteiger partial charge on any atom is -0.392 e. The average molecular weight is 182 g/mol. The molecule has 0 saturated carbocycles. The molecule has 1 N–H and O–H groups in total. The zero-order valence-electron chi connectivity index (χ0n) is 8.25. The maximum absolute atomic E-state index is 9.48. The van der Waals surface area contributed by atoms with Gasteiger partial charge in [0.1, 0.15) is 0 Å². The first-order valence-electron chi connectivity index (χ1n) is 5.02. The Labute approximate surface area is 80.3 Å². The Morgan fingerprint density at radius 3 is 3.08 bits per heavy atom. The van der Waals surface area contributed by atoms with Gasteiger partial charge in [0, 0.05) is 13.0 Å². The van der Waals surface area contributed by atoms with Gasteiger partial charge in [-0.2, -0.15) is 0 Å². The van der Waals surface area contributed by atoms with Gasteiger partial charge in [0.05, 0.1) is 12.2 Å². The number of aliphatic hydroxyl groups is 1. The fraction of sp³-hybridized carbons (Fsp3) is 0.818. The minimum absolute atomic E-state index is 0.267. The van der Waals surface area contributed by atoms with Crippen LogP contribution in [-0.4, -0.2) is 23.9 Å². The van der Waals surface area contributed by atoms with Crippen LogP contribution in [0.2, 0.25) is 0 Å². The van der Waals surface area contributed by atoms with Gasteiger partial charge in [-0.3, -0.25) is 0 Å². The Kier molecular flexibility index (Phi) is 4.88. The second-order valence-corrected chi connectivity index (χ2v) is 3.50. The Morgan fingerprint density at radius 1 is 1.62 bits per heavy atom. The molecule has 13 heavy (non-hydrogen) atoms. The minimum atomic E-state index is -0.267. The van der Waals surface area contributed by atoms with Crippen molar-refractivity contribution in [3.63, 3.8) is 0 Å². The van der Waals surface area contributed by atoms with Crippen molar-refractivity contribution in [2.45, 2.75) is 51.2 Å². The fourth-order valence-electron chi connectivity index (χ4n) is 1.57. The second-order valence-electron chi connectivity index (χ2n) is 3.50. The lowest BCUT2D eigenvalue weighted by molar-refractivity contribution is 0.0824. The quantitative estimate of drug-likeness (QED) is 0.671. The van der Waals surface area contributed by atoms with E-state index in [1.54, 1.807) is 6.92 Å². The molecule has 0 aliphatic carbocycles. The third-order valence-corrected chi connectivity index (χ3v) is 2.36. The van der Waals surface area contributed by atoms with Gasteiger partial charge in [-0.15, -0.1) is 11.8 Å². The first-order valence-corrected chi connectivity index (χ1v) is 5.02. The smallest absolute Gasteiger partial charge is 0.0650 e. The van der Waals surface area contributed by atoms with Gasteiger partial charge in [0.15, 0.2) is 0 Å². The lowest BCUT2D eigenvalue weighted by Crippen LogP contribution is -2.11. The Bertz CT molecular complexity index is 184.